The molecule has 0 saturated carbocycles. The number of aromatic nitrogens is 6. The Morgan fingerprint density at radius 1 is 1.14 bits per heavy atom. The molecule has 1 atom stereocenters. The van der Waals surface area contributed by atoms with E-state index < -0.39 is 0 Å². The average molecular weight is 415 g/mol. The second-order valence-electron chi connectivity index (χ2n) is 6.71. The van der Waals surface area contributed by atoms with Gasteiger partial charge in [0.2, 0.25) is 11.9 Å². The predicted octanol–water partition coefficient (Wildman–Crippen LogP) is 2.20. The van der Waals surface area contributed by atoms with Crippen molar-refractivity contribution in [2.45, 2.75) is 30.3 Å². The number of nitrogen functional groups attached to an aromatic ring is 1. The van der Waals surface area contributed by atoms with Crippen LogP contribution in [-0.2, 0) is 17.7 Å². The fourth-order valence-electron chi connectivity index (χ4n) is 2.71. The van der Waals surface area contributed by atoms with Crippen molar-refractivity contribution in [3.8, 4) is 0 Å². The van der Waals surface area contributed by atoms with E-state index in [9.17, 15) is 0 Å². The van der Waals surface area contributed by atoms with Crippen molar-refractivity contribution in [1.82, 2.24) is 29.7 Å². The molecule has 3 aromatic rings. The molecule has 0 fully saturated rings. The quantitative estimate of drug-likeness (QED) is 0.527. The maximum Gasteiger partial charge on any atom is 0.229 e. The number of thioether (sulfide) groups is 1. The van der Waals surface area contributed by atoms with Gasteiger partial charge in [-0.05, 0) is 12.5 Å². The van der Waals surface area contributed by atoms with E-state index in [0.717, 1.165) is 11.0 Å². The Bertz CT molecular complexity index is 931. The lowest BCUT2D eigenvalue weighted by Gasteiger charge is -2.15. The first-order valence-electron chi connectivity index (χ1n) is 9.28. The first-order chi connectivity index (χ1) is 14.0. The number of nitrogens with two attached hydrogens (primary N) is 1. The Balaban J connectivity index is 1.84. The van der Waals surface area contributed by atoms with Crippen LogP contribution in [0.3, 0.4) is 0 Å². The number of methoxy groups -OCH3 is 1. The van der Waals surface area contributed by atoms with Crippen LogP contribution in [0.4, 0.5) is 11.9 Å². The van der Waals surface area contributed by atoms with E-state index in [4.69, 9.17) is 10.5 Å². The molecule has 0 aliphatic heterocycles. The fourth-order valence-corrected chi connectivity index (χ4v) is 3.65. The van der Waals surface area contributed by atoms with Crippen molar-refractivity contribution < 1.29 is 4.74 Å². The highest BCUT2D eigenvalue weighted by Crippen LogP contribution is 2.33. The van der Waals surface area contributed by atoms with Gasteiger partial charge in [0.25, 0.3) is 0 Å². The molecule has 0 aliphatic carbocycles. The van der Waals surface area contributed by atoms with Crippen molar-refractivity contribution >= 4 is 23.7 Å². The Kier molecular flexibility index (Phi) is 6.99. The van der Waals surface area contributed by atoms with Crippen LogP contribution in [-0.4, -0.2) is 57.5 Å². The van der Waals surface area contributed by atoms with Gasteiger partial charge in [0, 0.05) is 34.2 Å². The maximum atomic E-state index is 5.87. The Labute approximate surface area is 174 Å². The summed E-state index contributed by atoms with van der Waals surface area (Å²) in [6.07, 6.45) is 0.704. The summed E-state index contributed by atoms with van der Waals surface area (Å²) in [5, 5.41) is 9.57. The summed E-state index contributed by atoms with van der Waals surface area (Å²) in [6.45, 7) is 3.26. The molecule has 0 unspecified atom stereocenters. The van der Waals surface area contributed by atoms with Crippen LogP contribution in [0, 0.1) is 0 Å². The third kappa shape index (κ3) is 5.42. The van der Waals surface area contributed by atoms with Crippen LogP contribution < -0.4 is 10.6 Å². The fraction of sp³-hybridized carbons (Fsp3) is 0.421. The molecule has 1 aromatic carbocycles. The normalized spacial score (nSPS) is 12.1. The van der Waals surface area contributed by atoms with Crippen molar-refractivity contribution in [2.75, 3.05) is 38.4 Å². The molecule has 0 aliphatic rings. The number of anilines is 2. The molecule has 2 N–H and O–H groups in total. The summed E-state index contributed by atoms with van der Waals surface area (Å²) in [7, 11) is 5.42. The van der Waals surface area contributed by atoms with Crippen LogP contribution in [0.25, 0.3) is 0 Å². The Morgan fingerprint density at radius 3 is 2.59 bits per heavy atom. The van der Waals surface area contributed by atoms with E-state index in [-0.39, 0.29) is 11.2 Å². The van der Waals surface area contributed by atoms with E-state index in [2.05, 4.69) is 41.8 Å². The van der Waals surface area contributed by atoms with E-state index in [1.165, 1.54) is 5.56 Å². The number of benzene rings is 1. The molecule has 2 heterocycles. The molecule has 9 nitrogen and oxygen atoms in total. The Morgan fingerprint density at radius 2 is 1.90 bits per heavy atom. The number of hydrogen-bond acceptors (Lipinski definition) is 9. The molecule has 0 spiro atoms. The molecule has 0 amide bonds. The SMILES string of the molecule is COCCn1c(Cc2ccccc2)nnc1S[C@@H](C)c1nc(N)nc(N(C)C)n1. The van der Waals surface area contributed by atoms with Gasteiger partial charge in [0.1, 0.15) is 11.6 Å². The summed E-state index contributed by atoms with van der Waals surface area (Å²) in [4.78, 5) is 14.8. The van der Waals surface area contributed by atoms with E-state index in [0.29, 0.717) is 31.3 Å². The minimum atomic E-state index is -0.0749. The van der Waals surface area contributed by atoms with Crippen molar-refractivity contribution in [3.63, 3.8) is 0 Å². The van der Waals surface area contributed by atoms with Crippen LogP contribution in [0.15, 0.2) is 35.5 Å². The third-order valence-electron chi connectivity index (χ3n) is 4.22. The molecule has 0 radical (unpaired) electrons. The number of rotatable bonds is 9. The van der Waals surface area contributed by atoms with Gasteiger partial charge in [0.05, 0.1) is 11.9 Å². The zero-order valence-electron chi connectivity index (χ0n) is 17.1. The zero-order chi connectivity index (χ0) is 20.8. The summed E-state index contributed by atoms with van der Waals surface area (Å²) in [5.41, 5.74) is 7.05. The molecule has 29 heavy (non-hydrogen) atoms. The molecular formula is C19H26N8OS. The Hall–Kier alpha value is -2.72. The van der Waals surface area contributed by atoms with Crippen LogP contribution >= 0.6 is 11.8 Å². The van der Waals surface area contributed by atoms with Crippen LogP contribution in [0.5, 0.6) is 0 Å². The largest absolute Gasteiger partial charge is 0.383 e. The van der Waals surface area contributed by atoms with Gasteiger partial charge < -0.3 is 19.9 Å². The zero-order valence-corrected chi connectivity index (χ0v) is 17.9. The van der Waals surface area contributed by atoms with Crippen LogP contribution in [0.2, 0.25) is 0 Å². The lowest BCUT2D eigenvalue weighted by Crippen LogP contribution is -2.16. The predicted molar refractivity (Wildman–Crippen MR) is 114 cm³/mol. The number of hydrogen-bond donors (Lipinski definition) is 1. The molecule has 0 saturated heterocycles. The van der Waals surface area contributed by atoms with E-state index in [1.54, 1.807) is 23.8 Å². The van der Waals surface area contributed by atoms with Crippen molar-refractivity contribution in [1.29, 1.82) is 0 Å². The smallest absolute Gasteiger partial charge is 0.229 e. The van der Waals surface area contributed by atoms with Gasteiger partial charge >= 0.3 is 0 Å². The molecule has 3 rings (SSSR count). The minimum absolute atomic E-state index is 0.0749. The second kappa shape index (κ2) is 9.66. The highest BCUT2D eigenvalue weighted by atomic mass is 32.2. The summed E-state index contributed by atoms with van der Waals surface area (Å²) >= 11 is 1.54. The summed E-state index contributed by atoms with van der Waals surface area (Å²) < 4.78 is 7.37. The van der Waals surface area contributed by atoms with Gasteiger partial charge in [-0.2, -0.15) is 15.0 Å². The van der Waals surface area contributed by atoms with Crippen molar-refractivity contribution in [2.24, 2.45) is 0 Å². The topological polar surface area (TPSA) is 108 Å². The van der Waals surface area contributed by atoms with Gasteiger partial charge in [-0.1, -0.05) is 42.1 Å². The standard InChI is InChI=1S/C19H26N8OS/c1-13(16-21-17(20)23-18(22-16)26(2)3)29-19-25-24-15(27(19)10-11-28-4)12-14-8-6-5-7-9-14/h5-9,13H,10-12H2,1-4H3,(H2,20,21,22,23)/t13-/m0/s1. The summed E-state index contributed by atoms with van der Waals surface area (Å²) in [6, 6.07) is 10.2. The summed E-state index contributed by atoms with van der Waals surface area (Å²) in [5.74, 6) is 2.24. The number of nitrogens with zero attached hydrogens (tertiary/aromatic N) is 7. The molecular weight excluding hydrogens is 388 g/mol. The molecule has 2 aromatic heterocycles. The number of ether oxygens (including phenoxy) is 1. The third-order valence-corrected chi connectivity index (χ3v) is 5.30. The average Bonchev–Trinajstić information content (AvgIpc) is 3.07. The van der Waals surface area contributed by atoms with Crippen molar-refractivity contribution in [3.05, 3.63) is 47.5 Å². The van der Waals surface area contributed by atoms with Gasteiger partial charge in [0.15, 0.2) is 5.16 Å². The molecule has 10 heteroatoms. The van der Waals surface area contributed by atoms with E-state index >= 15 is 0 Å². The minimum Gasteiger partial charge on any atom is -0.383 e. The van der Waals surface area contributed by atoms with Gasteiger partial charge in [-0.3, -0.25) is 0 Å². The van der Waals surface area contributed by atoms with E-state index in [1.807, 2.05) is 39.2 Å². The van der Waals surface area contributed by atoms with Gasteiger partial charge in [-0.25, -0.2) is 0 Å². The molecule has 154 valence electrons. The first-order valence-corrected chi connectivity index (χ1v) is 10.2. The lowest BCUT2D eigenvalue weighted by molar-refractivity contribution is 0.184. The lowest BCUT2D eigenvalue weighted by atomic mass is 10.1. The molecule has 0 bridgehead atoms. The highest BCUT2D eigenvalue weighted by molar-refractivity contribution is 7.99. The van der Waals surface area contributed by atoms with Gasteiger partial charge in [-0.15, -0.1) is 10.2 Å². The van der Waals surface area contributed by atoms with Crippen LogP contribution in [0.1, 0.15) is 29.4 Å². The monoisotopic (exact) mass is 414 g/mol. The highest BCUT2D eigenvalue weighted by Gasteiger charge is 2.20. The maximum absolute atomic E-state index is 5.87. The first kappa shape index (κ1) is 21.0. The second-order valence-corrected chi connectivity index (χ2v) is 8.02.